The number of hydrogen-bond acceptors (Lipinski definition) is 4. The lowest BCUT2D eigenvalue weighted by atomic mass is 10.0. The zero-order valence-corrected chi connectivity index (χ0v) is 16.0. The van der Waals surface area contributed by atoms with Gasteiger partial charge in [0.05, 0.1) is 18.0 Å². The molecule has 1 saturated heterocycles. The largest absolute Gasteiger partial charge is 0.497 e. The van der Waals surface area contributed by atoms with Gasteiger partial charge in [0, 0.05) is 12.1 Å². The molecule has 0 radical (unpaired) electrons. The summed E-state index contributed by atoms with van der Waals surface area (Å²) < 4.78 is 33.3. The summed E-state index contributed by atoms with van der Waals surface area (Å²) in [5, 5.41) is 0. The second kappa shape index (κ2) is 7.21. The molecule has 1 aliphatic rings. The molecule has 6 heteroatoms. The van der Waals surface area contributed by atoms with Gasteiger partial charge >= 0.3 is 0 Å². The van der Waals surface area contributed by atoms with Gasteiger partial charge in [0.1, 0.15) is 5.75 Å². The Morgan fingerprint density at radius 2 is 1.73 bits per heavy atom. The topological polar surface area (TPSA) is 63.7 Å². The number of sulfonamides is 1. The van der Waals surface area contributed by atoms with Crippen molar-refractivity contribution < 1.29 is 17.9 Å². The molecule has 26 heavy (non-hydrogen) atoms. The first-order valence-electron chi connectivity index (χ1n) is 8.62. The molecular weight excluding hydrogens is 350 g/mol. The van der Waals surface area contributed by atoms with Gasteiger partial charge in [-0.15, -0.1) is 0 Å². The molecule has 1 atom stereocenters. The zero-order valence-electron chi connectivity index (χ0n) is 15.2. The van der Waals surface area contributed by atoms with Gasteiger partial charge in [0.15, 0.2) is 5.78 Å². The predicted molar refractivity (Wildman–Crippen MR) is 100 cm³/mol. The molecule has 0 bridgehead atoms. The molecule has 1 fully saturated rings. The minimum absolute atomic E-state index is 0.143. The minimum atomic E-state index is -3.77. The van der Waals surface area contributed by atoms with Gasteiger partial charge in [-0.25, -0.2) is 8.42 Å². The first kappa shape index (κ1) is 18.6. The van der Waals surface area contributed by atoms with Crippen molar-refractivity contribution in [2.45, 2.75) is 37.6 Å². The first-order valence-corrected chi connectivity index (χ1v) is 10.1. The van der Waals surface area contributed by atoms with Crippen LogP contribution < -0.4 is 4.74 Å². The number of carbonyl (C=O) groups is 1. The quantitative estimate of drug-likeness (QED) is 0.754. The molecule has 0 aliphatic carbocycles. The van der Waals surface area contributed by atoms with E-state index in [4.69, 9.17) is 4.74 Å². The lowest BCUT2D eigenvalue weighted by molar-refractivity contribution is 0.0918. The van der Waals surface area contributed by atoms with Gasteiger partial charge in [-0.2, -0.15) is 4.31 Å². The fraction of sp³-hybridized carbons (Fsp3) is 0.350. The Hall–Kier alpha value is -2.18. The number of nitrogens with zero attached hydrogens (tertiary/aromatic N) is 1. The highest BCUT2D eigenvalue weighted by Crippen LogP contribution is 2.33. The number of Topliss-reactive ketones (excluding diaryl/α,β-unsaturated/α-hetero) is 1. The van der Waals surface area contributed by atoms with E-state index in [-0.39, 0.29) is 10.7 Å². The molecule has 5 nitrogen and oxygen atoms in total. The van der Waals surface area contributed by atoms with E-state index in [9.17, 15) is 13.2 Å². The van der Waals surface area contributed by atoms with Crippen LogP contribution in [0.15, 0.2) is 47.4 Å². The number of carbonyl (C=O) groups excluding carboxylic acids is 1. The summed E-state index contributed by atoms with van der Waals surface area (Å²) in [4.78, 5) is 13.1. The molecule has 1 unspecified atom stereocenters. The van der Waals surface area contributed by atoms with E-state index < -0.39 is 16.1 Å². The highest BCUT2D eigenvalue weighted by molar-refractivity contribution is 7.89. The summed E-state index contributed by atoms with van der Waals surface area (Å²) in [5.41, 5.74) is 1.79. The van der Waals surface area contributed by atoms with Gasteiger partial charge in [0.2, 0.25) is 10.0 Å². The summed E-state index contributed by atoms with van der Waals surface area (Å²) in [6, 6.07) is 11.7. The second-order valence-corrected chi connectivity index (χ2v) is 8.42. The molecule has 2 aromatic carbocycles. The van der Waals surface area contributed by atoms with Crippen LogP contribution in [0.5, 0.6) is 5.75 Å². The van der Waals surface area contributed by atoms with Crippen LogP contribution in [0.3, 0.4) is 0 Å². The summed E-state index contributed by atoms with van der Waals surface area (Å²) in [6.45, 7) is 3.87. The number of methoxy groups -OCH3 is 1. The standard InChI is InChI=1S/C20H23NO4S/c1-14-12-17(25-3)13-15(2)20(14)26(23,24)21-11-7-10-18(21)19(22)16-8-5-4-6-9-16/h4-6,8-9,12-13,18H,7,10-11H2,1-3H3. The Balaban J connectivity index is 2.00. The molecule has 1 aliphatic heterocycles. The average molecular weight is 373 g/mol. The highest BCUT2D eigenvalue weighted by atomic mass is 32.2. The number of ketones is 1. The third kappa shape index (κ3) is 3.27. The first-order chi connectivity index (χ1) is 12.4. The Morgan fingerprint density at radius 1 is 1.12 bits per heavy atom. The van der Waals surface area contributed by atoms with Crippen LogP contribution in [0.25, 0.3) is 0 Å². The van der Waals surface area contributed by atoms with E-state index in [1.165, 1.54) is 4.31 Å². The van der Waals surface area contributed by atoms with Gasteiger partial charge < -0.3 is 4.74 Å². The molecule has 0 N–H and O–H groups in total. The molecule has 0 spiro atoms. The molecule has 0 amide bonds. The van der Waals surface area contributed by atoms with Crippen molar-refractivity contribution in [1.82, 2.24) is 4.31 Å². The van der Waals surface area contributed by atoms with Crippen LogP contribution in [0.2, 0.25) is 0 Å². The van der Waals surface area contributed by atoms with Gasteiger partial charge in [-0.1, -0.05) is 30.3 Å². The monoisotopic (exact) mass is 373 g/mol. The maximum Gasteiger partial charge on any atom is 0.244 e. The molecule has 138 valence electrons. The fourth-order valence-corrected chi connectivity index (χ4v) is 5.71. The fourth-order valence-electron chi connectivity index (χ4n) is 3.64. The smallest absolute Gasteiger partial charge is 0.244 e. The Labute approximate surface area is 154 Å². The summed E-state index contributed by atoms with van der Waals surface area (Å²) >= 11 is 0. The third-order valence-electron chi connectivity index (χ3n) is 4.80. The lowest BCUT2D eigenvalue weighted by Crippen LogP contribution is -2.41. The van der Waals surface area contributed by atoms with E-state index in [2.05, 4.69) is 0 Å². The van der Waals surface area contributed by atoms with Crippen molar-refractivity contribution in [3.63, 3.8) is 0 Å². The van der Waals surface area contributed by atoms with Crippen molar-refractivity contribution in [3.05, 3.63) is 59.2 Å². The molecule has 0 saturated carbocycles. The van der Waals surface area contributed by atoms with E-state index in [1.807, 2.05) is 6.07 Å². The van der Waals surface area contributed by atoms with E-state index >= 15 is 0 Å². The van der Waals surface area contributed by atoms with Gasteiger partial charge in [0.25, 0.3) is 0 Å². The van der Waals surface area contributed by atoms with Gasteiger partial charge in [-0.05, 0) is 49.9 Å². The summed E-state index contributed by atoms with van der Waals surface area (Å²) in [6.07, 6.45) is 1.22. The van der Waals surface area contributed by atoms with E-state index in [1.54, 1.807) is 57.4 Å². The number of rotatable bonds is 5. The van der Waals surface area contributed by atoms with E-state index in [0.717, 1.165) is 0 Å². The molecule has 3 rings (SSSR count). The Morgan fingerprint density at radius 3 is 2.31 bits per heavy atom. The lowest BCUT2D eigenvalue weighted by Gasteiger charge is -2.25. The summed E-state index contributed by atoms with van der Waals surface area (Å²) in [7, 11) is -2.22. The molecule has 0 aromatic heterocycles. The maximum atomic E-state index is 13.4. The predicted octanol–water partition coefficient (Wildman–Crippen LogP) is 3.35. The van der Waals surface area contributed by atoms with Crippen molar-refractivity contribution in [3.8, 4) is 5.75 Å². The van der Waals surface area contributed by atoms with Crippen LogP contribution in [-0.4, -0.2) is 38.2 Å². The maximum absolute atomic E-state index is 13.4. The summed E-state index contributed by atoms with van der Waals surface area (Å²) in [5.74, 6) is 0.479. The molecule has 1 heterocycles. The van der Waals surface area contributed by atoms with Crippen LogP contribution in [0.4, 0.5) is 0 Å². The zero-order chi connectivity index (χ0) is 18.9. The van der Waals surface area contributed by atoms with Crippen molar-refractivity contribution in [2.24, 2.45) is 0 Å². The average Bonchev–Trinajstić information content (AvgIpc) is 3.11. The van der Waals surface area contributed by atoms with Crippen LogP contribution in [0, 0.1) is 13.8 Å². The third-order valence-corrected chi connectivity index (χ3v) is 7.02. The van der Waals surface area contributed by atoms with Crippen LogP contribution in [-0.2, 0) is 10.0 Å². The second-order valence-electron chi connectivity index (χ2n) is 6.59. The molecule has 2 aromatic rings. The van der Waals surface area contributed by atoms with Crippen molar-refractivity contribution in [2.75, 3.05) is 13.7 Å². The number of hydrogen-bond donors (Lipinski definition) is 0. The van der Waals surface area contributed by atoms with E-state index in [0.29, 0.717) is 41.8 Å². The highest BCUT2D eigenvalue weighted by Gasteiger charge is 2.40. The SMILES string of the molecule is COc1cc(C)c(S(=O)(=O)N2CCCC2C(=O)c2ccccc2)c(C)c1. The van der Waals surface area contributed by atoms with Crippen molar-refractivity contribution in [1.29, 1.82) is 0 Å². The van der Waals surface area contributed by atoms with Crippen LogP contribution in [0.1, 0.15) is 34.3 Å². The minimum Gasteiger partial charge on any atom is -0.497 e. The number of benzene rings is 2. The Kier molecular flexibility index (Phi) is 5.16. The van der Waals surface area contributed by atoms with Gasteiger partial charge in [-0.3, -0.25) is 4.79 Å². The normalized spacial score (nSPS) is 18.0. The molecular formula is C20H23NO4S. The number of aryl methyl sites for hydroxylation is 2. The van der Waals surface area contributed by atoms with Crippen molar-refractivity contribution >= 4 is 15.8 Å². The Bertz CT molecular complexity index is 899. The number of ether oxygens (including phenoxy) is 1. The van der Waals surface area contributed by atoms with Crippen LogP contribution >= 0.6 is 0 Å².